The monoisotopic (exact) mass is 439 g/mol. The molecule has 32 heavy (non-hydrogen) atoms. The Balaban J connectivity index is 1.41. The molecule has 0 aliphatic carbocycles. The second-order valence-electron chi connectivity index (χ2n) is 6.98. The lowest BCUT2D eigenvalue weighted by atomic mass is 10.1. The summed E-state index contributed by atoms with van der Waals surface area (Å²) in [5.41, 5.74) is 2.31. The third kappa shape index (κ3) is 4.85. The average Bonchev–Trinajstić information content (AvgIpc) is 3.27. The third-order valence-electron chi connectivity index (χ3n) is 4.85. The first-order valence-corrected chi connectivity index (χ1v) is 9.79. The van der Waals surface area contributed by atoms with Gasteiger partial charge in [-0.15, -0.1) is 0 Å². The number of ether oxygens (including phenoxy) is 2. The molecule has 1 heterocycles. The summed E-state index contributed by atoms with van der Waals surface area (Å²) in [5, 5.41) is 10.2. The molecule has 0 bridgehead atoms. The zero-order valence-corrected chi connectivity index (χ0v) is 17.1. The van der Waals surface area contributed by atoms with Gasteiger partial charge in [0.15, 0.2) is 11.5 Å². The van der Waals surface area contributed by atoms with Gasteiger partial charge in [-0.25, -0.2) is 0 Å². The molecule has 0 fully saturated rings. The van der Waals surface area contributed by atoms with Gasteiger partial charge in [0.1, 0.15) is 5.75 Å². The second kappa shape index (κ2) is 9.05. The highest BCUT2D eigenvalue weighted by atomic mass is 19.4. The SMILES string of the molecule is COc1ccccc1Oc1ccc(NCc2cn[nH]c2-c2ccc(C(F)(F)F)cc2)cc1. The predicted molar refractivity (Wildman–Crippen MR) is 116 cm³/mol. The molecular weight excluding hydrogens is 419 g/mol. The number of rotatable bonds is 7. The quantitative estimate of drug-likeness (QED) is 0.345. The van der Waals surface area contributed by atoms with Crippen molar-refractivity contribution >= 4 is 5.69 Å². The zero-order valence-electron chi connectivity index (χ0n) is 17.1. The molecule has 0 atom stereocenters. The standard InChI is InChI=1S/C24H20F3N3O2/c1-31-21-4-2-3-5-22(21)32-20-12-10-19(11-13-20)28-14-17-15-29-30-23(17)16-6-8-18(9-7-16)24(25,26)27/h2-13,15,28H,14H2,1H3,(H,29,30). The van der Waals surface area contributed by atoms with Gasteiger partial charge in [-0.1, -0.05) is 24.3 Å². The number of alkyl halides is 3. The first-order chi connectivity index (χ1) is 15.4. The van der Waals surface area contributed by atoms with E-state index in [1.165, 1.54) is 12.1 Å². The number of nitrogens with zero attached hydrogens (tertiary/aromatic N) is 1. The Kier molecular flexibility index (Phi) is 6.02. The fourth-order valence-electron chi connectivity index (χ4n) is 3.19. The van der Waals surface area contributed by atoms with Crippen molar-refractivity contribution in [3.8, 4) is 28.5 Å². The molecule has 3 aromatic carbocycles. The van der Waals surface area contributed by atoms with Crippen LogP contribution in [0.25, 0.3) is 11.3 Å². The molecule has 0 radical (unpaired) electrons. The van der Waals surface area contributed by atoms with Gasteiger partial charge < -0.3 is 14.8 Å². The number of nitrogens with one attached hydrogen (secondary N) is 2. The molecule has 164 valence electrons. The summed E-state index contributed by atoms with van der Waals surface area (Å²) in [7, 11) is 1.59. The lowest BCUT2D eigenvalue weighted by Crippen LogP contribution is -2.04. The molecule has 0 aliphatic rings. The Bertz CT molecular complexity index is 1170. The summed E-state index contributed by atoms with van der Waals surface area (Å²) >= 11 is 0. The minimum Gasteiger partial charge on any atom is -0.493 e. The van der Waals surface area contributed by atoms with Gasteiger partial charge in [0, 0.05) is 17.8 Å². The lowest BCUT2D eigenvalue weighted by Gasteiger charge is -2.11. The maximum Gasteiger partial charge on any atom is 0.416 e. The first-order valence-electron chi connectivity index (χ1n) is 9.79. The number of methoxy groups -OCH3 is 1. The van der Waals surface area contributed by atoms with Crippen molar-refractivity contribution in [2.24, 2.45) is 0 Å². The van der Waals surface area contributed by atoms with Crippen molar-refractivity contribution in [3.05, 3.63) is 90.1 Å². The highest BCUT2D eigenvalue weighted by molar-refractivity contribution is 5.63. The van der Waals surface area contributed by atoms with E-state index in [1.54, 1.807) is 13.3 Å². The summed E-state index contributed by atoms with van der Waals surface area (Å²) in [5.74, 6) is 1.93. The van der Waals surface area contributed by atoms with Crippen LogP contribution in [0.2, 0.25) is 0 Å². The van der Waals surface area contributed by atoms with Crippen LogP contribution < -0.4 is 14.8 Å². The van der Waals surface area contributed by atoms with Crippen LogP contribution in [0.4, 0.5) is 18.9 Å². The van der Waals surface area contributed by atoms with Gasteiger partial charge >= 0.3 is 6.18 Å². The van der Waals surface area contributed by atoms with Gasteiger partial charge in [0.25, 0.3) is 0 Å². The Morgan fingerprint density at radius 2 is 1.59 bits per heavy atom. The molecule has 0 aliphatic heterocycles. The molecule has 5 nitrogen and oxygen atoms in total. The van der Waals surface area contributed by atoms with Gasteiger partial charge in [-0.05, 0) is 54.1 Å². The van der Waals surface area contributed by atoms with Crippen LogP contribution in [-0.4, -0.2) is 17.3 Å². The number of para-hydroxylation sites is 2. The van der Waals surface area contributed by atoms with Crippen molar-refractivity contribution < 1.29 is 22.6 Å². The summed E-state index contributed by atoms with van der Waals surface area (Å²) in [6.07, 6.45) is -2.71. The number of benzene rings is 3. The minimum absolute atomic E-state index is 0.444. The number of halogens is 3. The van der Waals surface area contributed by atoms with Gasteiger partial charge in [-0.2, -0.15) is 18.3 Å². The van der Waals surface area contributed by atoms with Crippen molar-refractivity contribution in [2.45, 2.75) is 12.7 Å². The van der Waals surface area contributed by atoms with Crippen molar-refractivity contribution in [3.63, 3.8) is 0 Å². The average molecular weight is 439 g/mol. The van der Waals surface area contributed by atoms with E-state index in [1.807, 2.05) is 48.5 Å². The number of hydrogen-bond acceptors (Lipinski definition) is 4. The maximum absolute atomic E-state index is 12.8. The molecule has 0 unspecified atom stereocenters. The molecule has 0 saturated carbocycles. The number of hydrogen-bond donors (Lipinski definition) is 2. The van der Waals surface area contributed by atoms with Crippen molar-refractivity contribution in [2.75, 3.05) is 12.4 Å². The second-order valence-corrected chi connectivity index (χ2v) is 6.98. The number of anilines is 1. The van der Waals surface area contributed by atoms with E-state index in [-0.39, 0.29) is 0 Å². The topological polar surface area (TPSA) is 59.2 Å². The van der Waals surface area contributed by atoms with E-state index >= 15 is 0 Å². The predicted octanol–water partition coefficient (Wildman–Crippen LogP) is 6.51. The molecule has 0 amide bonds. The Labute approximate surface area is 182 Å². The lowest BCUT2D eigenvalue weighted by molar-refractivity contribution is -0.137. The van der Waals surface area contributed by atoms with Crippen LogP contribution in [0.5, 0.6) is 17.2 Å². The fourth-order valence-corrected chi connectivity index (χ4v) is 3.19. The Hall–Kier alpha value is -3.94. The van der Waals surface area contributed by atoms with Crippen molar-refractivity contribution in [1.29, 1.82) is 0 Å². The Morgan fingerprint density at radius 3 is 2.25 bits per heavy atom. The van der Waals surface area contributed by atoms with Gasteiger partial charge in [-0.3, -0.25) is 5.10 Å². The maximum atomic E-state index is 12.8. The van der Waals surface area contributed by atoms with Crippen LogP contribution in [-0.2, 0) is 12.7 Å². The molecule has 1 aromatic heterocycles. The molecule has 0 saturated heterocycles. The van der Waals surface area contributed by atoms with Crippen LogP contribution >= 0.6 is 0 Å². The number of H-pyrrole nitrogens is 1. The smallest absolute Gasteiger partial charge is 0.416 e. The van der Waals surface area contributed by atoms with Crippen LogP contribution in [0.15, 0.2) is 79.0 Å². The van der Waals surface area contributed by atoms with E-state index in [4.69, 9.17) is 9.47 Å². The summed E-state index contributed by atoms with van der Waals surface area (Å²) < 4.78 is 49.5. The minimum atomic E-state index is -4.36. The first kappa shape index (κ1) is 21.3. The molecular formula is C24H20F3N3O2. The Morgan fingerprint density at radius 1 is 0.906 bits per heavy atom. The molecule has 0 spiro atoms. The third-order valence-corrected chi connectivity index (χ3v) is 4.85. The highest BCUT2D eigenvalue weighted by Crippen LogP contribution is 2.32. The summed E-state index contributed by atoms with van der Waals surface area (Å²) in [6.45, 7) is 0.444. The van der Waals surface area contributed by atoms with Crippen LogP contribution in [0.1, 0.15) is 11.1 Å². The fraction of sp³-hybridized carbons (Fsp3) is 0.125. The van der Waals surface area contributed by atoms with Gasteiger partial charge in [0.05, 0.1) is 24.6 Å². The summed E-state index contributed by atoms with van der Waals surface area (Å²) in [4.78, 5) is 0. The highest BCUT2D eigenvalue weighted by Gasteiger charge is 2.30. The van der Waals surface area contributed by atoms with Crippen molar-refractivity contribution in [1.82, 2.24) is 10.2 Å². The van der Waals surface area contributed by atoms with E-state index in [9.17, 15) is 13.2 Å². The molecule has 4 aromatic rings. The molecule has 8 heteroatoms. The zero-order chi connectivity index (χ0) is 22.6. The summed E-state index contributed by atoms with van der Waals surface area (Å²) in [6, 6.07) is 19.8. The van der Waals surface area contributed by atoms with E-state index in [0.29, 0.717) is 35.1 Å². The normalized spacial score (nSPS) is 11.2. The van der Waals surface area contributed by atoms with E-state index < -0.39 is 11.7 Å². The van der Waals surface area contributed by atoms with E-state index in [2.05, 4.69) is 15.5 Å². The van der Waals surface area contributed by atoms with Gasteiger partial charge in [0.2, 0.25) is 0 Å². The largest absolute Gasteiger partial charge is 0.493 e. The van der Waals surface area contributed by atoms with Crippen LogP contribution in [0.3, 0.4) is 0 Å². The van der Waals surface area contributed by atoms with Crippen LogP contribution in [0, 0.1) is 0 Å². The van der Waals surface area contributed by atoms with E-state index in [0.717, 1.165) is 23.4 Å². The molecule has 2 N–H and O–H groups in total. The number of aromatic amines is 1. The molecule has 4 rings (SSSR count). The number of aromatic nitrogens is 2.